The number of nitrogens with zero attached hydrogens (tertiary/aromatic N) is 4. The Balaban J connectivity index is 2.07. The van der Waals surface area contributed by atoms with Gasteiger partial charge in [0.2, 0.25) is 0 Å². The lowest BCUT2D eigenvalue weighted by Crippen LogP contribution is -2.36. The Morgan fingerprint density at radius 2 is 1.80 bits per heavy atom. The molecule has 0 radical (unpaired) electrons. The number of rotatable bonds is 2. The van der Waals surface area contributed by atoms with Gasteiger partial charge in [-0.3, -0.25) is 18.8 Å². The van der Waals surface area contributed by atoms with Gasteiger partial charge in [-0.05, 0) is 24.3 Å². The second kappa shape index (κ2) is 5.93. The molecule has 2 aromatic heterocycles. The van der Waals surface area contributed by atoms with E-state index in [0.29, 0.717) is 17.2 Å². The summed E-state index contributed by atoms with van der Waals surface area (Å²) in [6.07, 6.45) is 0. The average molecular weight is 342 g/mol. The molecule has 130 valence electrons. The van der Waals surface area contributed by atoms with Crippen LogP contribution in [0.2, 0.25) is 0 Å². The predicted octanol–water partition coefficient (Wildman–Crippen LogP) is 0.403. The second-order valence-electron chi connectivity index (χ2n) is 5.65. The zero-order valence-electron chi connectivity index (χ0n) is 14.3. The van der Waals surface area contributed by atoms with E-state index in [4.69, 9.17) is 0 Å². The largest absolute Gasteiger partial charge is 0.341 e. The van der Waals surface area contributed by atoms with Crippen LogP contribution < -0.4 is 21.5 Å². The molecule has 0 aliphatic rings. The SMILES string of the molecule is CNC(=O)N(C)c1ccc(-c2nc3c([nH]2)c(=O)n(C)c(=O)n3C)cc1. The average Bonchev–Trinajstić information content (AvgIpc) is 3.09. The maximum atomic E-state index is 12.2. The number of benzene rings is 1. The van der Waals surface area contributed by atoms with Crippen LogP contribution in [0.1, 0.15) is 0 Å². The minimum Gasteiger partial charge on any atom is -0.341 e. The highest BCUT2D eigenvalue weighted by Crippen LogP contribution is 2.21. The van der Waals surface area contributed by atoms with Gasteiger partial charge in [0.05, 0.1) is 0 Å². The predicted molar refractivity (Wildman–Crippen MR) is 94.9 cm³/mol. The van der Waals surface area contributed by atoms with E-state index >= 15 is 0 Å². The Kier molecular flexibility index (Phi) is 3.91. The van der Waals surface area contributed by atoms with Crippen molar-refractivity contribution in [1.82, 2.24) is 24.4 Å². The van der Waals surface area contributed by atoms with E-state index in [1.807, 2.05) is 0 Å². The van der Waals surface area contributed by atoms with Crippen LogP contribution in [-0.4, -0.2) is 39.2 Å². The Labute approximate surface area is 142 Å². The minimum atomic E-state index is -0.432. The molecule has 25 heavy (non-hydrogen) atoms. The van der Waals surface area contributed by atoms with Crippen molar-refractivity contribution in [3.05, 3.63) is 45.1 Å². The summed E-state index contributed by atoms with van der Waals surface area (Å²) in [5, 5.41) is 2.55. The summed E-state index contributed by atoms with van der Waals surface area (Å²) in [4.78, 5) is 44.7. The van der Waals surface area contributed by atoms with Crippen LogP contribution in [0.3, 0.4) is 0 Å². The summed E-state index contributed by atoms with van der Waals surface area (Å²) < 4.78 is 2.36. The maximum Gasteiger partial charge on any atom is 0.332 e. The molecule has 0 saturated carbocycles. The molecule has 0 aliphatic heterocycles. The standard InChI is InChI=1S/C16H18N6O3/c1-17-15(24)20(2)10-7-5-9(6-8-10)12-18-11-13(19-12)21(3)16(25)22(4)14(11)23/h5-8H,1-4H3,(H,17,24)(H,18,19). The normalized spacial score (nSPS) is 10.9. The van der Waals surface area contributed by atoms with E-state index in [-0.39, 0.29) is 11.5 Å². The first-order chi connectivity index (χ1) is 11.8. The zero-order chi connectivity index (χ0) is 18.3. The molecule has 9 heteroatoms. The maximum absolute atomic E-state index is 12.2. The molecular weight excluding hydrogens is 324 g/mol. The number of aromatic nitrogens is 4. The first kappa shape index (κ1) is 16.5. The van der Waals surface area contributed by atoms with Gasteiger partial charge in [0.25, 0.3) is 5.56 Å². The van der Waals surface area contributed by atoms with Crippen molar-refractivity contribution in [2.75, 3.05) is 19.0 Å². The summed E-state index contributed by atoms with van der Waals surface area (Å²) in [6, 6.07) is 6.89. The summed E-state index contributed by atoms with van der Waals surface area (Å²) in [7, 11) is 6.21. The van der Waals surface area contributed by atoms with E-state index in [9.17, 15) is 14.4 Å². The second-order valence-corrected chi connectivity index (χ2v) is 5.65. The summed E-state index contributed by atoms with van der Waals surface area (Å²) >= 11 is 0. The van der Waals surface area contributed by atoms with Crippen molar-refractivity contribution in [3.63, 3.8) is 0 Å². The summed E-state index contributed by atoms with van der Waals surface area (Å²) in [5.74, 6) is 0.474. The molecule has 9 nitrogen and oxygen atoms in total. The van der Waals surface area contributed by atoms with Crippen LogP contribution in [0, 0.1) is 0 Å². The van der Waals surface area contributed by atoms with Gasteiger partial charge in [0, 0.05) is 39.4 Å². The minimum absolute atomic E-state index is 0.227. The molecule has 0 aliphatic carbocycles. The van der Waals surface area contributed by atoms with E-state index in [1.165, 1.54) is 16.5 Å². The number of carbonyl (C=O) groups excluding carboxylic acids is 1. The number of hydrogen-bond acceptors (Lipinski definition) is 4. The van der Waals surface area contributed by atoms with Crippen LogP contribution in [0.25, 0.3) is 22.6 Å². The third-order valence-corrected chi connectivity index (χ3v) is 4.14. The summed E-state index contributed by atoms with van der Waals surface area (Å²) in [5.41, 5.74) is 1.16. The third-order valence-electron chi connectivity index (χ3n) is 4.14. The first-order valence-corrected chi connectivity index (χ1v) is 7.56. The highest BCUT2D eigenvalue weighted by Gasteiger charge is 2.15. The van der Waals surface area contributed by atoms with Crippen LogP contribution in [0.4, 0.5) is 10.5 Å². The zero-order valence-corrected chi connectivity index (χ0v) is 14.3. The molecule has 2 amide bonds. The molecule has 0 spiro atoms. The van der Waals surface area contributed by atoms with Crippen molar-refractivity contribution >= 4 is 22.9 Å². The number of aryl methyl sites for hydroxylation is 1. The van der Waals surface area contributed by atoms with Crippen molar-refractivity contribution in [1.29, 1.82) is 0 Å². The quantitative estimate of drug-likeness (QED) is 0.703. The number of amides is 2. The highest BCUT2D eigenvalue weighted by molar-refractivity contribution is 5.91. The number of imidazole rings is 1. The first-order valence-electron chi connectivity index (χ1n) is 7.56. The number of nitrogens with one attached hydrogen (secondary N) is 2. The van der Waals surface area contributed by atoms with Crippen LogP contribution >= 0.6 is 0 Å². The van der Waals surface area contributed by atoms with Gasteiger partial charge in [-0.25, -0.2) is 14.6 Å². The van der Waals surface area contributed by atoms with Gasteiger partial charge in [-0.1, -0.05) is 0 Å². The number of hydrogen-bond donors (Lipinski definition) is 2. The van der Waals surface area contributed by atoms with Gasteiger partial charge in [0.1, 0.15) is 11.3 Å². The van der Waals surface area contributed by atoms with Gasteiger partial charge >= 0.3 is 11.7 Å². The lowest BCUT2D eigenvalue weighted by molar-refractivity contribution is 0.249. The van der Waals surface area contributed by atoms with Crippen LogP contribution in [-0.2, 0) is 14.1 Å². The third kappa shape index (κ3) is 2.59. The number of aromatic amines is 1. The summed E-state index contributed by atoms with van der Waals surface area (Å²) in [6.45, 7) is 0. The fourth-order valence-corrected chi connectivity index (χ4v) is 2.59. The number of anilines is 1. The lowest BCUT2D eigenvalue weighted by atomic mass is 10.2. The van der Waals surface area contributed by atoms with Crippen molar-refractivity contribution < 1.29 is 4.79 Å². The molecule has 3 aromatic rings. The van der Waals surface area contributed by atoms with Crippen molar-refractivity contribution in [2.24, 2.45) is 14.1 Å². The molecule has 0 bridgehead atoms. The van der Waals surface area contributed by atoms with E-state index in [2.05, 4.69) is 15.3 Å². The van der Waals surface area contributed by atoms with Crippen molar-refractivity contribution in [2.45, 2.75) is 0 Å². The van der Waals surface area contributed by atoms with Gasteiger partial charge in [-0.2, -0.15) is 0 Å². The molecule has 0 saturated heterocycles. The number of carbonyl (C=O) groups is 1. The molecule has 0 atom stereocenters. The number of fused-ring (bicyclic) bond motifs is 1. The Morgan fingerprint density at radius 1 is 1.16 bits per heavy atom. The van der Waals surface area contributed by atoms with Gasteiger partial charge in [-0.15, -0.1) is 0 Å². The van der Waals surface area contributed by atoms with Crippen LogP contribution in [0.15, 0.2) is 33.9 Å². The van der Waals surface area contributed by atoms with Crippen LogP contribution in [0.5, 0.6) is 0 Å². The van der Waals surface area contributed by atoms with E-state index in [0.717, 1.165) is 10.1 Å². The van der Waals surface area contributed by atoms with Gasteiger partial charge in [0.15, 0.2) is 5.65 Å². The Hall–Kier alpha value is -3.36. The lowest BCUT2D eigenvalue weighted by Gasteiger charge is -2.16. The molecule has 1 aromatic carbocycles. The molecule has 0 unspecified atom stereocenters. The number of urea groups is 1. The smallest absolute Gasteiger partial charge is 0.332 e. The fourth-order valence-electron chi connectivity index (χ4n) is 2.59. The highest BCUT2D eigenvalue weighted by atomic mass is 16.2. The molecule has 2 heterocycles. The molecular formula is C16H18N6O3. The monoisotopic (exact) mass is 342 g/mol. The van der Waals surface area contributed by atoms with E-state index < -0.39 is 11.2 Å². The fraction of sp³-hybridized carbons (Fsp3) is 0.250. The number of H-pyrrole nitrogens is 1. The topological polar surface area (TPSA) is 105 Å². The molecule has 3 rings (SSSR count). The van der Waals surface area contributed by atoms with Gasteiger partial charge < -0.3 is 10.3 Å². The van der Waals surface area contributed by atoms with Crippen molar-refractivity contribution in [3.8, 4) is 11.4 Å². The molecule has 2 N–H and O–H groups in total. The Morgan fingerprint density at radius 3 is 2.40 bits per heavy atom. The van der Waals surface area contributed by atoms with E-state index in [1.54, 1.807) is 45.4 Å². The molecule has 0 fully saturated rings. The Bertz CT molecular complexity index is 1070.